The lowest BCUT2D eigenvalue weighted by atomic mass is 10.1. The van der Waals surface area contributed by atoms with E-state index in [1.165, 1.54) is 12.1 Å². The molecule has 1 aliphatic heterocycles. The van der Waals surface area contributed by atoms with Crippen molar-refractivity contribution < 1.29 is 14.0 Å². The molecule has 0 unspecified atom stereocenters. The Morgan fingerprint density at radius 3 is 2.28 bits per heavy atom. The summed E-state index contributed by atoms with van der Waals surface area (Å²) in [4.78, 5) is 28.9. The van der Waals surface area contributed by atoms with E-state index in [4.69, 9.17) is 0 Å². The summed E-state index contributed by atoms with van der Waals surface area (Å²) in [6.07, 6.45) is 6.28. The second kappa shape index (κ2) is 8.45. The number of carbonyl (C=O) groups excluding carboxylic acids is 2. The summed E-state index contributed by atoms with van der Waals surface area (Å²) in [6.45, 7) is 2.76. The van der Waals surface area contributed by atoms with Crippen LogP contribution in [0.4, 0.5) is 4.39 Å². The number of rotatable bonds is 4. The van der Waals surface area contributed by atoms with Crippen LogP contribution in [0.25, 0.3) is 0 Å². The molecule has 0 bridgehead atoms. The van der Waals surface area contributed by atoms with Crippen molar-refractivity contribution in [2.24, 2.45) is 5.92 Å². The third-order valence-corrected chi connectivity index (χ3v) is 5.41. The maximum absolute atomic E-state index is 12.9. The summed E-state index contributed by atoms with van der Waals surface area (Å²) < 4.78 is 12.9. The Bertz CT molecular complexity index is 596. The first kappa shape index (κ1) is 17.9. The van der Waals surface area contributed by atoms with E-state index in [1.54, 1.807) is 12.1 Å². The minimum atomic E-state index is -0.255. The molecule has 1 aromatic rings. The Morgan fingerprint density at radius 1 is 0.920 bits per heavy atom. The van der Waals surface area contributed by atoms with Crippen molar-refractivity contribution in [3.63, 3.8) is 0 Å². The molecular weight excluding hydrogens is 319 g/mol. The lowest BCUT2D eigenvalue weighted by Crippen LogP contribution is -2.39. The summed E-state index contributed by atoms with van der Waals surface area (Å²) in [7, 11) is 0. The minimum Gasteiger partial charge on any atom is -0.341 e. The van der Waals surface area contributed by atoms with Gasteiger partial charge >= 0.3 is 0 Å². The van der Waals surface area contributed by atoms with Gasteiger partial charge in [0.15, 0.2) is 0 Å². The molecule has 5 heteroatoms. The molecule has 3 rings (SSSR count). The molecule has 0 atom stereocenters. The van der Waals surface area contributed by atoms with Gasteiger partial charge in [0.2, 0.25) is 11.8 Å². The van der Waals surface area contributed by atoms with Gasteiger partial charge in [0.05, 0.1) is 0 Å². The van der Waals surface area contributed by atoms with Crippen LogP contribution in [0.3, 0.4) is 0 Å². The van der Waals surface area contributed by atoms with Gasteiger partial charge in [-0.3, -0.25) is 9.59 Å². The van der Waals surface area contributed by atoms with E-state index in [-0.39, 0.29) is 23.5 Å². The lowest BCUT2D eigenvalue weighted by Gasteiger charge is -2.24. The van der Waals surface area contributed by atoms with Crippen molar-refractivity contribution in [2.45, 2.75) is 44.9 Å². The molecule has 0 N–H and O–H groups in total. The number of carbonyl (C=O) groups is 2. The van der Waals surface area contributed by atoms with E-state index < -0.39 is 0 Å². The molecule has 1 heterocycles. The molecule has 1 saturated carbocycles. The van der Waals surface area contributed by atoms with Crippen LogP contribution in [0.5, 0.6) is 0 Å². The second-order valence-electron chi connectivity index (χ2n) is 7.17. The van der Waals surface area contributed by atoms with Gasteiger partial charge in [-0.1, -0.05) is 25.0 Å². The number of hydrogen-bond donors (Lipinski definition) is 0. The third-order valence-electron chi connectivity index (χ3n) is 5.41. The number of nitrogens with zero attached hydrogens (tertiary/aromatic N) is 2. The SMILES string of the molecule is O=C(CCc1ccc(F)cc1)N1CCCN(C(=O)C2CCCC2)CC1. The van der Waals surface area contributed by atoms with Gasteiger partial charge in [0, 0.05) is 38.5 Å². The van der Waals surface area contributed by atoms with Crippen molar-refractivity contribution in [1.82, 2.24) is 9.80 Å². The summed E-state index contributed by atoms with van der Waals surface area (Å²) in [5.74, 6) is 0.368. The molecule has 1 aromatic carbocycles. The maximum atomic E-state index is 12.9. The number of benzene rings is 1. The molecule has 2 aliphatic rings. The fourth-order valence-electron chi connectivity index (χ4n) is 3.88. The molecular formula is C20H27FN2O2. The Hall–Kier alpha value is -1.91. The first-order chi connectivity index (χ1) is 12.1. The molecule has 2 amide bonds. The fourth-order valence-corrected chi connectivity index (χ4v) is 3.88. The highest BCUT2D eigenvalue weighted by Gasteiger charge is 2.29. The van der Waals surface area contributed by atoms with Gasteiger partial charge in [0.25, 0.3) is 0 Å². The second-order valence-corrected chi connectivity index (χ2v) is 7.17. The van der Waals surface area contributed by atoms with E-state index in [0.29, 0.717) is 25.9 Å². The van der Waals surface area contributed by atoms with Crippen molar-refractivity contribution >= 4 is 11.8 Å². The van der Waals surface area contributed by atoms with Crippen molar-refractivity contribution in [3.05, 3.63) is 35.6 Å². The quantitative estimate of drug-likeness (QED) is 0.841. The normalized spacial score (nSPS) is 19.1. The first-order valence-electron chi connectivity index (χ1n) is 9.44. The Kier molecular flexibility index (Phi) is 6.05. The van der Waals surface area contributed by atoms with Gasteiger partial charge in [-0.2, -0.15) is 0 Å². The Balaban J connectivity index is 1.47. The van der Waals surface area contributed by atoms with E-state index in [2.05, 4.69) is 0 Å². The summed E-state index contributed by atoms with van der Waals surface area (Å²) in [5.41, 5.74) is 0.975. The molecule has 25 heavy (non-hydrogen) atoms. The van der Waals surface area contributed by atoms with E-state index in [0.717, 1.165) is 50.8 Å². The van der Waals surface area contributed by atoms with Crippen LogP contribution < -0.4 is 0 Å². The monoisotopic (exact) mass is 346 g/mol. The fraction of sp³-hybridized carbons (Fsp3) is 0.600. The van der Waals surface area contributed by atoms with Crippen molar-refractivity contribution in [1.29, 1.82) is 0 Å². The third kappa shape index (κ3) is 4.80. The molecule has 4 nitrogen and oxygen atoms in total. The molecule has 1 saturated heterocycles. The number of aryl methyl sites for hydroxylation is 1. The van der Waals surface area contributed by atoms with Gasteiger partial charge in [-0.25, -0.2) is 4.39 Å². The van der Waals surface area contributed by atoms with E-state index in [9.17, 15) is 14.0 Å². The first-order valence-corrected chi connectivity index (χ1v) is 9.44. The zero-order chi connectivity index (χ0) is 17.6. The lowest BCUT2D eigenvalue weighted by molar-refractivity contribution is -0.136. The summed E-state index contributed by atoms with van der Waals surface area (Å²) in [6, 6.07) is 6.32. The standard InChI is InChI=1S/C20H27FN2O2/c21-18-9-6-16(7-10-18)8-11-19(24)22-12-3-13-23(15-14-22)20(25)17-4-1-2-5-17/h6-7,9-10,17H,1-5,8,11-15H2. The molecule has 1 aliphatic carbocycles. The highest BCUT2D eigenvalue weighted by atomic mass is 19.1. The average molecular weight is 346 g/mol. The minimum absolute atomic E-state index is 0.125. The smallest absolute Gasteiger partial charge is 0.225 e. The van der Waals surface area contributed by atoms with E-state index in [1.807, 2.05) is 9.80 Å². The molecule has 0 spiro atoms. The number of hydrogen-bond acceptors (Lipinski definition) is 2. The topological polar surface area (TPSA) is 40.6 Å². The van der Waals surface area contributed by atoms with Gasteiger partial charge in [0.1, 0.15) is 5.82 Å². The van der Waals surface area contributed by atoms with Crippen LogP contribution in [-0.4, -0.2) is 47.8 Å². The Morgan fingerprint density at radius 2 is 1.56 bits per heavy atom. The predicted octanol–water partition coefficient (Wildman–Crippen LogP) is 3.01. The molecule has 0 aromatic heterocycles. The van der Waals surface area contributed by atoms with Crippen LogP contribution in [-0.2, 0) is 16.0 Å². The van der Waals surface area contributed by atoms with E-state index >= 15 is 0 Å². The van der Waals surface area contributed by atoms with Crippen LogP contribution >= 0.6 is 0 Å². The van der Waals surface area contributed by atoms with Gasteiger partial charge in [-0.15, -0.1) is 0 Å². The zero-order valence-corrected chi connectivity index (χ0v) is 14.8. The average Bonchev–Trinajstić information content (AvgIpc) is 3.05. The maximum Gasteiger partial charge on any atom is 0.225 e. The number of halogens is 1. The van der Waals surface area contributed by atoms with Gasteiger partial charge in [-0.05, 0) is 43.4 Å². The van der Waals surface area contributed by atoms with Crippen LogP contribution in [0.2, 0.25) is 0 Å². The highest BCUT2D eigenvalue weighted by Crippen LogP contribution is 2.27. The van der Waals surface area contributed by atoms with Crippen molar-refractivity contribution in [3.8, 4) is 0 Å². The highest BCUT2D eigenvalue weighted by molar-refractivity contribution is 5.79. The summed E-state index contributed by atoms with van der Waals surface area (Å²) in [5, 5.41) is 0. The largest absolute Gasteiger partial charge is 0.341 e. The predicted molar refractivity (Wildman–Crippen MR) is 94.5 cm³/mol. The van der Waals surface area contributed by atoms with Gasteiger partial charge < -0.3 is 9.80 Å². The molecule has 0 radical (unpaired) electrons. The Labute approximate surface area is 149 Å². The number of amides is 2. The summed E-state index contributed by atoms with van der Waals surface area (Å²) >= 11 is 0. The molecule has 136 valence electrons. The zero-order valence-electron chi connectivity index (χ0n) is 14.8. The van der Waals surface area contributed by atoms with Crippen LogP contribution in [0, 0.1) is 11.7 Å². The van der Waals surface area contributed by atoms with Crippen LogP contribution in [0.1, 0.15) is 44.1 Å². The van der Waals surface area contributed by atoms with Crippen molar-refractivity contribution in [2.75, 3.05) is 26.2 Å². The van der Waals surface area contributed by atoms with Crippen LogP contribution in [0.15, 0.2) is 24.3 Å². The molecule has 2 fully saturated rings.